The van der Waals surface area contributed by atoms with E-state index in [4.69, 9.17) is 5.11 Å². The van der Waals surface area contributed by atoms with Gasteiger partial charge in [0.25, 0.3) is 0 Å². The van der Waals surface area contributed by atoms with Gasteiger partial charge in [0.15, 0.2) is 0 Å². The molecule has 0 saturated heterocycles. The van der Waals surface area contributed by atoms with Gasteiger partial charge in [-0.1, -0.05) is 30.3 Å². The molecule has 0 unspecified atom stereocenters. The molecule has 22 heavy (non-hydrogen) atoms. The Hall–Kier alpha value is -2.38. The first-order valence-electron chi connectivity index (χ1n) is 6.45. The van der Waals surface area contributed by atoms with Gasteiger partial charge in [-0.3, -0.25) is 0 Å². The number of sulfonamides is 1. The van der Waals surface area contributed by atoms with Crippen molar-refractivity contribution in [2.75, 3.05) is 0 Å². The normalized spacial score (nSPS) is 12.8. The average Bonchev–Trinajstić information content (AvgIpc) is 2.47. The van der Waals surface area contributed by atoms with Crippen molar-refractivity contribution >= 4 is 16.0 Å². The second-order valence-electron chi connectivity index (χ2n) is 4.74. The molecule has 0 aliphatic heterocycles. The summed E-state index contributed by atoms with van der Waals surface area (Å²) in [6, 6.07) is 11.6. The Labute approximate surface area is 128 Å². The third-order valence-electron chi connectivity index (χ3n) is 3.14. The van der Waals surface area contributed by atoms with E-state index in [-0.39, 0.29) is 4.90 Å². The maximum Gasteiger partial charge on any atom is 0.339 e. The molecule has 3 N–H and O–H groups in total. The largest absolute Gasteiger partial charge is 0.507 e. The van der Waals surface area contributed by atoms with E-state index in [1.54, 1.807) is 31.2 Å². The van der Waals surface area contributed by atoms with Crippen molar-refractivity contribution in [1.82, 2.24) is 4.72 Å². The molecule has 0 aliphatic rings. The summed E-state index contributed by atoms with van der Waals surface area (Å²) in [7, 11) is -3.90. The van der Waals surface area contributed by atoms with E-state index >= 15 is 0 Å². The third kappa shape index (κ3) is 3.44. The molecule has 1 atom stereocenters. The molecule has 0 amide bonds. The number of hydrogen-bond acceptors (Lipinski definition) is 4. The van der Waals surface area contributed by atoms with Crippen LogP contribution >= 0.6 is 0 Å². The van der Waals surface area contributed by atoms with Gasteiger partial charge >= 0.3 is 5.97 Å². The van der Waals surface area contributed by atoms with Crippen LogP contribution in [-0.2, 0) is 10.0 Å². The molecule has 0 aromatic heterocycles. The highest BCUT2D eigenvalue weighted by Crippen LogP contribution is 2.23. The number of phenols is 1. The predicted molar refractivity (Wildman–Crippen MR) is 80.2 cm³/mol. The van der Waals surface area contributed by atoms with Gasteiger partial charge < -0.3 is 10.2 Å². The number of carbonyl (C=O) groups is 1. The minimum Gasteiger partial charge on any atom is -0.507 e. The van der Waals surface area contributed by atoms with Gasteiger partial charge in [0.05, 0.1) is 4.90 Å². The van der Waals surface area contributed by atoms with Crippen LogP contribution in [0.1, 0.15) is 28.9 Å². The molecular weight excluding hydrogens is 306 g/mol. The van der Waals surface area contributed by atoms with Gasteiger partial charge in [-0.05, 0) is 30.7 Å². The maximum absolute atomic E-state index is 12.3. The first kappa shape index (κ1) is 16.0. The van der Waals surface area contributed by atoms with Gasteiger partial charge in [0.2, 0.25) is 10.0 Å². The van der Waals surface area contributed by atoms with Crippen LogP contribution in [0.15, 0.2) is 53.4 Å². The number of rotatable bonds is 5. The highest BCUT2D eigenvalue weighted by Gasteiger charge is 2.21. The highest BCUT2D eigenvalue weighted by atomic mass is 32.2. The van der Waals surface area contributed by atoms with Gasteiger partial charge in [0, 0.05) is 6.04 Å². The zero-order chi connectivity index (χ0) is 16.3. The lowest BCUT2D eigenvalue weighted by Crippen LogP contribution is -2.27. The van der Waals surface area contributed by atoms with Crippen LogP contribution in [0.25, 0.3) is 0 Å². The molecule has 116 valence electrons. The number of aromatic hydroxyl groups is 1. The predicted octanol–water partition coefficient (Wildman–Crippen LogP) is 2.13. The van der Waals surface area contributed by atoms with Gasteiger partial charge in [-0.2, -0.15) is 0 Å². The van der Waals surface area contributed by atoms with Crippen molar-refractivity contribution in [2.45, 2.75) is 17.9 Å². The zero-order valence-corrected chi connectivity index (χ0v) is 12.5. The summed E-state index contributed by atoms with van der Waals surface area (Å²) in [6.07, 6.45) is 0. The topological polar surface area (TPSA) is 104 Å². The SMILES string of the molecule is C[C@H](NS(=O)(=O)c1ccc(O)c(C(=O)O)c1)c1ccccc1. The van der Waals surface area contributed by atoms with Crippen LogP contribution in [0.2, 0.25) is 0 Å². The van der Waals surface area contributed by atoms with E-state index in [0.29, 0.717) is 0 Å². The Morgan fingerprint density at radius 1 is 1.14 bits per heavy atom. The van der Waals surface area contributed by atoms with Crippen molar-refractivity contribution in [3.8, 4) is 5.75 Å². The van der Waals surface area contributed by atoms with Crippen molar-refractivity contribution in [3.63, 3.8) is 0 Å². The Balaban J connectivity index is 2.31. The number of carboxylic acid groups (broad SMARTS) is 1. The number of nitrogens with one attached hydrogen (secondary N) is 1. The molecule has 0 aliphatic carbocycles. The van der Waals surface area contributed by atoms with Crippen LogP contribution in [0.5, 0.6) is 5.75 Å². The first-order valence-corrected chi connectivity index (χ1v) is 7.93. The summed E-state index contributed by atoms with van der Waals surface area (Å²) in [5.74, 6) is -1.88. The minimum absolute atomic E-state index is 0.217. The molecule has 2 aromatic carbocycles. The fraction of sp³-hybridized carbons (Fsp3) is 0.133. The van der Waals surface area contributed by atoms with Crippen LogP contribution in [0.4, 0.5) is 0 Å². The lowest BCUT2D eigenvalue weighted by molar-refractivity contribution is 0.0693. The van der Waals surface area contributed by atoms with E-state index in [9.17, 15) is 18.3 Å². The molecule has 0 bridgehead atoms. The highest BCUT2D eigenvalue weighted by molar-refractivity contribution is 7.89. The fourth-order valence-corrected chi connectivity index (χ4v) is 3.22. The average molecular weight is 321 g/mol. The lowest BCUT2D eigenvalue weighted by Gasteiger charge is -2.15. The Morgan fingerprint density at radius 2 is 1.77 bits per heavy atom. The summed E-state index contributed by atoms with van der Waals surface area (Å²) < 4.78 is 27.1. The fourth-order valence-electron chi connectivity index (χ4n) is 1.96. The molecule has 2 aromatic rings. The molecule has 0 fully saturated rings. The molecule has 0 spiro atoms. The summed E-state index contributed by atoms with van der Waals surface area (Å²) in [4.78, 5) is 10.8. The molecular formula is C15H15NO5S. The van der Waals surface area contributed by atoms with Gasteiger partial charge in [-0.15, -0.1) is 0 Å². The van der Waals surface area contributed by atoms with Crippen LogP contribution in [0, 0.1) is 0 Å². The standard InChI is InChI=1S/C15H15NO5S/c1-10(11-5-3-2-4-6-11)16-22(20,21)12-7-8-14(17)13(9-12)15(18)19/h2-10,16-17H,1H3,(H,18,19)/t10-/m0/s1. The lowest BCUT2D eigenvalue weighted by atomic mass is 10.1. The molecule has 2 rings (SSSR count). The zero-order valence-electron chi connectivity index (χ0n) is 11.7. The summed E-state index contributed by atoms with van der Waals surface area (Å²) in [5.41, 5.74) is 0.318. The number of aromatic carboxylic acids is 1. The van der Waals surface area contributed by atoms with Crippen LogP contribution in [0.3, 0.4) is 0 Å². The Morgan fingerprint density at radius 3 is 2.36 bits per heavy atom. The molecule has 0 saturated carbocycles. The van der Waals surface area contributed by atoms with Crippen LogP contribution < -0.4 is 4.72 Å². The second kappa shape index (κ2) is 6.17. The maximum atomic E-state index is 12.3. The monoisotopic (exact) mass is 321 g/mol. The van der Waals surface area contributed by atoms with Gasteiger partial charge in [-0.25, -0.2) is 17.9 Å². The van der Waals surface area contributed by atoms with Crippen molar-refractivity contribution < 1.29 is 23.4 Å². The summed E-state index contributed by atoms with van der Waals surface area (Å²) in [5, 5.41) is 18.4. The number of hydrogen-bond donors (Lipinski definition) is 3. The first-order chi connectivity index (χ1) is 10.3. The second-order valence-corrected chi connectivity index (χ2v) is 6.45. The number of carboxylic acids is 1. The molecule has 7 heteroatoms. The minimum atomic E-state index is -3.90. The van der Waals surface area contributed by atoms with E-state index in [2.05, 4.69) is 4.72 Å². The van der Waals surface area contributed by atoms with Crippen molar-refractivity contribution in [1.29, 1.82) is 0 Å². The quantitative estimate of drug-likeness (QED) is 0.782. The molecule has 0 radical (unpaired) electrons. The van der Waals surface area contributed by atoms with E-state index in [1.165, 1.54) is 0 Å². The van der Waals surface area contributed by atoms with E-state index < -0.39 is 33.3 Å². The van der Waals surface area contributed by atoms with Crippen LogP contribution in [-0.4, -0.2) is 24.6 Å². The van der Waals surface area contributed by atoms with Gasteiger partial charge in [0.1, 0.15) is 11.3 Å². The summed E-state index contributed by atoms with van der Waals surface area (Å²) in [6.45, 7) is 1.69. The summed E-state index contributed by atoms with van der Waals surface area (Å²) >= 11 is 0. The van der Waals surface area contributed by atoms with E-state index in [0.717, 1.165) is 23.8 Å². The molecule has 0 heterocycles. The van der Waals surface area contributed by atoms with Crippen molar-refractivity contribution in [3.05, 3.63) is 59.7 Å². The Kier molecular flexibility index (Phi) is 4.48. The number of benzene rings is 2. The smallest absolute Gasteiger partial charge is 0.339 e. The Bertz CT molecular complexity index is 787. The van der Waals surface area contributed by atoms with E-state index in [1.807, 2.05) is 6.07 Å². The van der Waals surface area contributed by atoms with Crippen molar-refractivity contribution in [2.24, 2.45) is 0 Å². The molecule has 6 nitrogen and oxygen atoms in total. The third-order valence-corrected chi connectivity index (χ3v) is 4.68.